The average molecular weight is 225 g/mol. The van der Waals surface area contributed by atoms with Gasteiger partial charge >= 0.3 is 0 Å². The van der Waals surface area contributed by atoms with E-state index in [4.69, 9.17) is 5.84 Å². The molecule has 0 bridgehead atoms. The molecule has 2 aromatic heterocycles. The number of nitrogen functional groups attached to an aromatic ring is 1. The number of para-hydroxylation sites is 1. The third-order valence-corrected chi connectivity index (χ3v) is 2.62. The van der Waals surface area contributed by atoms with E-state index >= 15 is 0 Å². The molecule has 0 aliphatic heterocycles. The molecule has 3 rings (SSSR count). The molecule has 3 aromatic rings. The molecule has 0 unspecified atom stereocenters. The highest BCUT2D eigenvalue weighted by atomic mass is 15.3. The van der Waals surface area contributed by atoms with Gasteiger partial charge in [-0.05, 0) is 24.3 Å². The summed E-state index contributed by atoms with van der Waals surface area (Å²) in [6, 6.07) is 13.8. The number of hydrogen-bond donors (Lipinski definition) is 3. The van der Waals surface area contributed by atoms with Gasteiger partial charge < -0.3 is 10.4 Å². The Balaban J connectivity index is 2.07. The Kier molecular flexibility index (Phi) is 2.23. The van der Waals surface area contributed by atoms with Crippen molar-refractivity contribution in [3.63, 3.8) is 0 Å². The first-order valence-electron chi connectivity index (χ1n) is 5.25. The molecule has 0 amide bonds. The molecule has 0 aliphatic rings. The van der Waals surface area contributed by atoms with Gasteiger partial charge in [-0.15, -0.1) is 10.2 Å². The second kappa shape index (κ2) is 3.88. The smallest absolute Gasteiger partial charge is 0.162 e. The summed E-state index contributed by atoms with van der Waals surface area (Å²) in [4.78, 5) is 3.30. The number of hydrogen-bond acceptors (Lipinski definition) is 4. The second-order valence-corrected chi connectivity index (χ2v) is 3.72. The van der Waals surface area contributed by atoms with Gasteiger partial charge in [-0.25, -0.2) is 5.84 Å². The number of rotatable bonds is 2. The van der Waals surface area contributed by atoms with Gasteiger partial charge in [0.15, 0.2) is 5.82 Å². The van der Waals surface area contributed by atoms with Crippen LogP contribution in [0.25, 0.3) is 22.3 Å². The number of nitrogens with zero attached hydrogens (tertiary/aromatic N) is 2. The number of aromatic amines is 1. The Hall–Kier alpha value is -2.40. The van der Waals surface area contributed by atoms with Gasteiger partial charge in [0.1, 0.15) is 5.69 Å². The monoisotopic (exact) mass is 225 g/mol. The van der Waals surface area contributed by atoms with E-state index in [0.29, 0.717) is 5.82 Å². The average Bonchev–Trinajstić information content (AvgIpc) is 2.82. The van der Waals surface area contributed by atoms with Gasteiger partial charge in [0.2, 0.25) is 0 Å². The molecule has 0 fully saturated rings. The normalized spacial score (nSPS) is 10.6. The molecular formula is C12H11N5. The van der Waals surface area contributed by atoms with Gasteiger partial charge in [0, 0.05) is 10.9 Å². The zero-order valence-corrected chi connectivity index (χ0v) is 9.01. The number of nitrogens with two attached hydrogens (primary N) is 1. The van der Waals surface area contributed by atoms with Crippen LogP contribution < -0.4 is 11.3 Å². The standard InChI is InChI=1S/C12H11N5/c13-15-12-6-5-10(16-17-12)11-7-8-3-1-2-4-9(8)14-11/h1-7,14H,13H2,(H,15,17). The Labute approximate surface area is 97.6 Å². The lowest BCUT2D eigenvalue weighted by Gasteiger charge is -1.98. The van der Waals surface area contributed by atoms with E-state index in [1.165, 1.54) is 0 Å². The third kappa shape index (κ3) is 1.72. The van der Waals surface area contributed by atoms with Crippen molar-refractivity contribution in [2.24, 2.45) is 5.84 Å². The van der Waals surface area contributed by atoms with Crippen LogP contribution >= 0.6 is 0 Å². The summed E-state index contributed by atoms with van der Waals surface area (Å²) in [7, 11) is 0. The van der Waals surface area contributed by atoms with Crippen LogP contribution in [-0.2, 0) is 0 Å². The molecule has 0 saturated heterocycles. The fourth-order valence-electron chi connectivity index (χ4n) is 1.76. The molecule has 84 valence electrons. The number of H-pyrrole nitrogens is 1. The van der Waals surface area contributed by atoms with E-state index in [9.17, 15) is 0 Å². The van der Waals surface area contributed by atoms with Crippen molar-refractivity contribution >= 4 is 16.7 Å². The fraction of sp³-hybridized carbons (Fsp3) is 0. The van der Waals surface area contributed by atoms with E-state index in [0.717, 1.165) is 22.3 Å². The fourth-order valence-corrected chi connectivity index (χ4v) is 1.76. The topological polar surface area (TPSA) is 79.6 Å². The molecule has 0 saturated carbocycles. The number of anilines is 1. The molecule has 2 heterocycles. The van der Waals surface area contributed by atoms with Crippen LogP contribution in [0.5, 0.6) is 0 Å². The number of hydrazine groups is 1. The van der Waals surface area contributed by atoms with Crippen LogP contribution in [0.2, 0.25) is 0 Å². The Morgan fingerprint density at radius 2 is 1.94 bits per heavy atom. The van der Waals surface area contributed by atoms with Crippen molar-refractivity contribution in [2.45, 2.75) is 0 Å². The first-order chi connectivity index (χ1) is 8.36. The minimum atomic E-state index is 0.546. The minimum Gasteiger partial charge on any atom is -0.353 e. The van der Waals surface area contributed by atoms with Crippen molar-refractivity contribution in [3.05, 3.63) is 42.5 Å². The predicted octanol–water partition coefficient (Wildman–Crippen LogP) is 1.91. The quantitative estimate of drug-likeness (QED) is 0.459. The zero-order valence-electron chi connectivity index (χ0n) is 9.01. The highest BCUT2D eigenvalue weighted by Crippen LogP contribution is 2.22. The number of benzene rings is 1. The first kappa shape index (κ1) is 9.80. The maximum absolute atomic E-state index is 5.24. The molecule has 0 radical (unpaired) electrons. The maximum atomic E-state index is 5.24. The van der Waals surface area contributed by atoms with Gasteiger partial charge in [0.25, 0.3) is 0 Å². The summed E-state index contributed by atoms with van der Waals surface area (Å²) in [5, 5.41) is 9.19. The van der Waals surface area contributed by atoms with Crippen molar-refractivity contribution in [3.8, 4) is 11.4 Å². The molecule has 5 nitrogen and oxygen atoms in total. The molecule has 0 atom stereocenters. The predicted molar refractivity (Wildman–Crippen MR) is 67.1 cm³/mol. The second-order valence-electron chi connectivity index (χ2n) is 3.72. The van der Waals surface area contributed by atoms with Crippen LogP contribution in [0.3, 0.4) is 0 Å². The summed E-state index contributed by atoms with van der Waals surface area (Å²) >= 11 is 0. The molecular weight excluding hydrogens is 214 g/mol. The molecule has 17 heavy (non-hydrogen) atoms. The van der Waals surface area contributed by atoms with E-state index in [1.54, 1.807) is 6.07 Å². The van der Waals surface area contributed by atoms with E-state index < -0.39 is 0 Å². The third-order valence-electron chi connectivity index (χ3n) is 2.62. The molecule has 0 aliphatic carbocycles. The van der Waals surface area contributed by atoms with Crippen molar-refractivity contribution in [1.29, 1.82) is 0 Å². The largest absolute Gasteiger partial charge is 0.353 e. The lowest BCUT2D eigenvalue weighted by molar-refractivity contribution is 1.02. The van der Waals surface area contributed by atoms with Crippen molar-refractivity contribution in [2.75, 3.05) is 5.43 Å². The Morgan fingerprint density at radius 1 is 1.06 bits per heavy atom. The van der Waals surface area contributed by atoms with E-state index in [-0.39, 0.29) is 0 Å². The number of aromatic nitrogens is 3. The SMILES string of the molecule is NNc1ccc(-c2cc3ccccc3[nH]2)nn1. The van der Waals surface area contributed by atoms with Gasteiger partial charge in [-0.1, -0.05) is 18.2 Å². The van der Waals surface area contributed by atoms with Crippen LogP contribution in [0, 0.1) is 0 Å². The van der Waals surface area contributed by atoms with Crippen LogP contribution in [0.1, 0.15) is 0 Å². The maximum Gasteiger partial charge on any atom is 0.162 e. The lowest BCUT2D eigenvalue weighted by atomic mass is 10.2. The Bertz CT molecular complexity index is 608. The Morgan fingerprint density at radius 3 is 2.65 bits per heavy atom. The van der Waals surface area contributed by atoms with Crippen LogP contribution in [0.15, 0.2) is 42.5 Å². The summed E-state index contributed by atoms with van der Waals surface area (Å²) in [5.41, 5.74) is 5.28. The summed E-state index contributed by atoms with van der Waals surface area (Å²) < 4.78 is 0. The van der Waals surface area contributed by atoms with Crippen molar-refractivity contribution in [1.82, 2.24) is 15.2 Å². The van der Waals surface area contributed by atoms with Crippen molar-refractivity contribution < 1.29 is 0 Å². The molecule has 4 N–H and O–H groups in total. The summed E-state index contributed by atoms with van der Waals surface area (Å²) in [6.07, 6.45) is 0. The zero-order chi connectivity index (χ0) is 11.7. The van der Waals surface area contributed by atoms with Gasteiger partial charge in [0.05, 0.1) is 5.69 Å². The summed E-state index contributed by atoms with van der Waals surface area (Å²) in [6.45, 7) is 0. The van der Waals surface area contributed by atoms with Gasteiger partial charge in [-0.3, -0.25) is 0 Å². The van der Waals surface area contributed by atoms with Crippen LogP contribution in [-0.4, -0.2) is 15.2 Å². The van der Waals surface area contributed by atoms with Crippen LogP contribution in [0.4, 0.5) is 5.82 Å². The van der Waals surface area contributed by atoms with E-state index in [2.05, 4.69) is 32.7 Å². The molecule has 5 heteroatoms. The minimum absolute atomic E-state index is 0.546. The number of fused-ring (bicyclic) bond motifs is 1. The van der Waals surface area contributed by atoms with E-state index in [1.807, 2.05) is 24.3 Å². The number of nitrogens with one attached hydrogen (secondary N) is 2. The molecule has 1 aromatic carbocycles. The summed E-state index contributed by atoms with van der Waals surface area (Å²) in [5.74, 6) is 5.79. The highest BCUT2D eigenvalue weighted by molar-refractivity contribution is 5.85. The highest BCUT2D eigenvalue weighted by Gasteiger charge is 2.04. The lowest BCUT2D eigenvalue weighted by Crippen LogP contribution is -2.08. The van der Waals surface area contributed by atoms with Gasteiger partial charge in [-0.2, -0.15) is 0 Å². The first-order valence-corrected chi connectivity index (χ1v) is 5.25. The molecule has 0 spiro atoms.